The van der Waals surface area contributed by atoms with Gasteiger partial charge in [0.15, 0.2) is 17.3 Å². The molecule has 136 valence electrons. The Balaban J connectivity index is 1.43. The molecule has 5 nitrogen and oxygen atoms in total. The van der Waals surface area contributed by atoms with Crippen LogP contribution in [0.4, 0.5) is 4.39 Å². The minimum atomic E-state index is -0.346. The fourth-order valence-electron chi connectivity index (χ4n) is 2.69. The van der Waals surface area contributed by atoms with Crippen molar-refractivity contribution < 1.29 is 23.5 Å². The summed E-state index contributed by atoms with van der Waals surface area (Å²) in [5.74, 6) is 0.610. The molecule has 0 saturated carbocycles. The van der Waals surface area contributed by atoms with Crippen molar-refractivity contribution in [3.05, 3.63) is 59.4 Å². The molecule has 1 heterocycles. The maximum atomic E-state index is 13.5. The molecule has 1 amide bonds. The van der Waals surface area contributed by atoms with Crippen molar-refractivity contribution in [1.29, 1.82) is 0 Å². The number of fused-ring (bicyclic) bond motifs is 1. The van der Waals surface area contributed by atoms with E-state index in [0.29, 0.717) is 42.3 Å². The van der Waals surface area contributed by atoms with Gasteiger partial charge in [0.1, 0.15) is 19.0 Å². The van der Waals surface area contributed by atoms with E-state index in [2.05, 4.69) is 5.32 Å². The summed E-state index contributed by atoms with van der Waals surface area (Å²) in [5.41, 5.74) is 0.981. The van der Waals surface area contributed by atoms with Gasteiger partial charge in [-0.3, -0.25) is 9.59 Å². The second-order valence-electron chi connectivity index (χ2n) is 6.00. The third-order valence-corrected chi connectivity index (χ3v) is 4.11. The minimum Gasteiger partial charge on any atom is -0.486 e. The average Bonchev–Trinajstić information content (AvgIpc) is 2.67. The Morgan fingerprint density at radius 1 is 1.00 bits per heavy atom. The fourth-order valence-corrected chi connectivity index (χ4v) is 2.69. The van der Waals surface area contributed by atoms with Crippen molar-refractivity contribution in [2.45, 2.75) is 25.8 Å². The Bertz CT molecular complexity index is 806. The van der Waals surface area contributed by atoms with Crippen LogP contribution in [0.2, 0.25) is 0 Å². The molecule has 3 rings (SSSR count). The highest BCUT2D eigenvalue weighted by Gasteiger charge is 2.15. The summed E-state index contributed by atoms with van der Waals surface area (Å²) in [7, 11) is 0. The van der Waals surface area contributed by atoms with Gasteiger partial charge in [-0.25, -0.2) is 4.39 Å². The summed E-state index contributed by atoms with van der Waals surface area (Å²) < 4.78 is 24.4. The molecule has 1 aliphatic rings. The van der Waals surface area contributed by atoms with Crippen molar-refractivity contribution in [2.75, 3.05) is 13.2 Å². The zero-order valence-electron chi connectivity index (χ0n) is 14.3. The summed E-state index contributed by atoms with van der Waals surface area (Å²) in [6.45, 7) is 1.11. The van der Waals surface area contributed by atoms with Gasteiger partial charge >= 0.3 is 0 Å². The number of rotatable bonds is 7. The van der Waals surface area contributed by atoms with E-state index in [1.54, 1.807) is 36.4 Å². The molecule has 2 aromatic rings. The quantitative estimate of drug-likeness (QED) is 0.773. The number of ketones is 1. The van der Waals surface area contributed by atoms with Gasteiger partial charge in [0, 0.05) is 30.5 Å². The molecule has 0 radical (unpaired) electrons. The van der Waals surface area contributed by atoms with E-state index in [9.17, 15) is 14.0 Å². The largest absolute Gasteiger partial charge is 0.486 e. The SMILES string of the molecule is O=C(CCCC(=O)c1ccc2c(c1)OCCO2)NCc1ccccc1F. The number of halogens is 1. The van der Waals surface area contributed by atoms with Crippen LogP contribution in [0.1, 0.15) is 35.2 Å². The molecule has 0 aromatic heterocycles. The van der Waals surface area contributed by atoms with Crippen molar-refractivity contribution in [1.82, 2.24) is 5.32 Å². The van der Waals surface area contributed by atoms with Crippen molar-refractivity contribution >= 4 is 11.7 Å². The standard InChI is InChI=1S/C20H20FNO4/c21-16-5-2-1-4-15(16)13-22-20(24)7-3-6-17(23)14-8-9-18-19(12-14)26-11-10-25-18/h1-2,4-5,8-9,12H,3,6-7,10-11,13H2,(H,22,24). The third kappa shape index (κ3) is 4.59. The van der Waals surface area contributed by atoms with Crippen LogP contribution in [0.5, 0.6) is 11.5 Å². The van der Waals surface area contributed by atoms with Gasteiger partial charge in [-0.2, -0.15) is 0 Å². The van der Waals surface area contributed by atoms with E-state index in [0.717, 1.165) is 0 Å². The molecule has 0 bridgehead atoms. The number of carbonyl (C=O) groups is 2. The number of hydrogen-bond acceptors (Lipinski definition) is 4. The van der Waals surface area contributed by atoms with Crippen molar-refractivity contribution in [3.63, 3.8) is 0 Å². The smallest absolute Gasteiger partial charge is 0.220 e. The van der Waals surface area contributed by atoms with E-state index < -0.39 is 0 Å². The summed E-state index contributed by atoms with van der Waals surface area (Å²) in [6.07, 6.45) is 0.897. The van der Waals surface area contributed by atoms with Gasteiger partial charge in [0.25, 0.3) is 0 Å². The van der Waals surface area contributed by atoms with E-state index in [4.69, 9.17) is 9.47 Å². The summed E-state index contributed by atoms with van der Waals surface area (Å²) >= 11 is 0. The lowest BCUT2D eigenvalue weighted by Crippen LogP contribution is -2.23. The Hall–Kier alpha value is -2.89. The lowest BCUT2D eigenvalue weighted by Gasteiger charge is -2.18. The molecule has 26 heavy (non-hydrogen) atoms. The maximum Gasteiger partial charge on any atom is 0.220 e. The molecule has 1 aliphatic heterocycles. The number of benzene rings is 2. The van der Waals surface area contributed by atoms with Crippen LogP contribution in [0.25, 0.3) is 0 Å². The van der Waals surface area contributed by atoms with Crippen LogP contribution in [-0.4, -0.2) is 24.9 Å². The van der Waals surface area contributed by atoms with E-state index in [1.807, 2.05) is 0 Å². The Morgan fingerprint density at radius 3 is 2.58 bits per heavy atom. The topological polar surface area (TPSA) is 64.6 Å². The van der Waals surface area contributed by atoms with E-state index >= 15 is 0 Å². The van der Waals surface area contributed by atoms with Gasteiger partial charge in [-0.1, -0.05) is 18.2 Å². The first-order valence-electron chi connectivity index (χ1n) is 8.56. The van der Waals surface area contributed by atoms with Crippen LogP contribution < -0.4 is 14.8 Å². The summed E-state index contributed by atoms with van der Waals surface area (Å²) in [6, 6.07) is 11.4. The van der Waals surface area contributed by atoms with Crippen LogP contribution in [0, 0.1) is 5.82 Å². The van der Waals surface area contributed by atoms with Crippen molar-refractivity contribution in [2.24, 2.45) is 0 Å². The molecule has 0 atom stereocenters. The zero-order valence-corrected chi connectivity index (χ0v) is 14.3. The van der Waals surface area contributed by atoms with E-state index in [1.165, 1.54) is 6.07 Å². The summed E-state index contributed by atoms with van der Waals surface area (Å²) in [4.78, 5) is 24.1. The molecule has 0 unspecified atom stereocenters. The number of ether oxygens (including phenoxy) is 2. The molecule has 1 N–H and O–H groups in total. The second-order valence-corrected chi connectivity index (χ2v) is 6.00. The first-order valence-corrected chi connectivity index (χ1v) is 8.56. The molecule has 0 aliphatic carbocycles. The predicted molar refractivity (Wildman–Crippen MR) is 93.9 cm³/mol. The third-order valence-electron chi connectivity index (χ3n) is 4.11. The Morgan fingerprint density at radius 2 is 1.77 bits per heavy atom. The monoisotopic (exact) mass is 357 g/mol. The number of amides is 1. The molecule has 0 fully saturated rings. The highest BCUT2D eigenvalue weighted by atomic mass is 19.1. The molecule has 0 spiro atoms. The predicted octanol–water partition coefficient (Wildman–Crippen LogP) is 3.27. The maximum absolute atomic E-state index is 13.5. The van der Waals surface area contributed by atoms with Gasteiger partial charge in [-0.05, 0) is 30.7 Å². The van der Waals surface area contributed by atoms with Crippen LogP contribution >= 0.6 is 0 Å². The minimum absolute atomic E-state index is 0.0520. The van der Waals surface area contributed by atoms with Crippen LogP contribution in [0.3, 0.4) is 0 Å². The zero-order chi connectivity index (χ0) is 18.4. The lowest BCUT2D eigenvalue weighted by atomic mass is 10.0. The second kappa shape index (κ2) is 8.47. The van der Waals surface area contributed by atoms with Gasteiger partial charge < -0.3 is 14.8 Å². The number of hydrogen-bond donors (Lipinski definition) is 1. The molecular formula is C20H20FNO4. The molecular weight excluding hydrogens is 337 g/mol. The van der Waals surface area contributed by atoms with Crippen molar-refractivity contribution in [3.8, 4) is 11.5 Å². The van der Waals surface area contributed by atoms with Crippen LogP contribution in [-0.2, 0) is 11.3 Å². The highest BCUT2D eigenvalue weighted by molar-refractivity contribution is 5.96. The van der Waals surface area contributed by atoms with Gasteiger partial charge in [0.05, 0.1) is 0 Å². The van der Waals surface area contributed by atoms with Gasteiger partial charge in [0.2, 0.25) is 5.91 Å². The van der Waals surface area contributed by atoms with E-state index in [-0.39, 0.29) is 36.9 Å². The highest BCUT2D eigenvalue weighted by Crippen LogP contribution is 2.31. The average molecular weight is 357 g/mol. The van der Waals surface area contributed by atoms with Crippen LogP contribution in [0.15, 0.2) is 42.5 Å². The Labute approximate surface area is 151 Å². The number of nitrogens with one attached hydrogen (secondary N) is 1. The summed E-state index contributed by atoms with van der Waals surface area (Å²) in [5, 5.41) is 2.67. The number of carbonyl (C=O) groups excluding carboxylic acids is 2. The number of Topliss-reactive ketones (excluding diaryl/α,β-unsaturated/α-hetero) is 1. The molecule has 2 aromatic carbocycles. The fraction of sp³-hybridized carbons (Fsp3) is 0.300. The normalized spacial score (nSPS) is 12.5. The molecule has 6 heteroatoms. The lowest BCUT2D eigenvalue weighted by molar-refractivity contribution is -0.121. The Kier molecular flexibility index (Phi) is 5.84. The first-order chi connectivity index (χ1) is 12.6. The molecule has 0 saturated heterocycles. The first kappa shape index (κ1) is 17.9. The van der Waals surface area contributed by atoms with Gasteiger partial charge in [-0.15, -0.1) is 0 Å².